The maximum atomic E-state index is 13.4. The third-order valence-corrected chi connectivity index (χ3v) is 5.97. The highest BCUT2D eigenvalue weighted by Crippen LogP contribution is 2.55. The van der Waals surface area contributed by atoms with Crippen LogP contribution in [0.25, 0.3) is 0 Å². The molecule has 1 aromatic rings. The number of anilines is 1. The van der Waals surface area contributed by atoms with Gasteiger partial charge in [0.2, 0.25) is 0 Å². The number of rotatable bonds is 5. The van der Waals surface area contributed by atoms with E-state index in [1.54, 1.807) is 0 Å². The number of benzene rings is 1. The van der Waals surface area contributed by atoms with Crippen molar-refractivity contribution in [2.45, 2.75) is 90.8 Å². The van der Waals surface area contributed by atoms with E-state index in [1.807, 2.05) is 39.0 Å². The van der Waals surface area contributed by atoms with Gasteiger partial charge in [0.25, 0.3) is 0 Å². The summed E-state index contributed by atoms with van der Waals surface area (Å²) in [6, 6.07) is 5.87. The van der Waals surface area contributed by atoms with Crippen LogP contribution in [0.2, 0.25) is 0 Å². The summed E-state index contributed by atoms with van der Waals surface area (Å²) in [5.74, 6) is 0. The zero-order chi connectivity index (χ0) is 18.3. The summed E-state index contributed by atoms with van der Waals surface area (Å²) < 4.78 is 0. The summed E-state index contributed by atoms with van der Waals surface area (Å²) >= 11 is 0. The first-order valence-corrected chi connectivity index (χ1v) is 9.24. The van der Waals surface area contributed by atoms with E-state index in [0.717, 1.165) is 41.9 Å². The van der Waals surface area contributed by atoms with Crippen molar-refractivity contribution >= 4 is 5.69 Å². The molecule has 4 heteroatoms. The molecule has 0 aliphatic carbocycles. The van der Waals surface area contributed by atoms with Crippen molar-refractivity contribution in [3.63, 3.8) is 0 Å². The van der Waals surface area contributed by atoms with Crippen molar-refractivity contribution in [1.29, 1.82) is 0 Å². The lowest BCUT2D eigenvalue weighted by molar-refractivity contribution is -0.287. The Morgan fingerprint density at radius 1 is 0.958 bits per heavy atom. The molecule has 0 N–H and O–H groups in total. The van der Waals surface area contributed by atoms with Gasteiger partial charge in [-0.1, -0.05) is 33.8 Å². The smallest absolute Gasteiger partial charge is 0.0751 e. The molecule has 0 saturated heterocycles. The van der Waals surface area contributed by atoms with Crippen LogP contribution in [-0.2, 0) is 16.3 Å². The van der Waals surface area contributed by atoms with Crippen LogP contribution in [0.1, 0.15) is 85.3 Å². The first kappa shape index (κ1) is 19.2. The van der Waals surface area contributed by atoms with Crippen molar-refractivity contribution in [2.24, 2.45) is 0 Å². The Morgan fingerprint density at radius 2 is 1.42 bits per heavy atom. The fraction of sp³-hybridized carbons (Fsp3) is 0.700. The summed E-state index contributed by atoms with van der Waals surface area (Å²) in [7, 11) is 0. The van der Waals surface area contributed by atoms with Gasteiger partial charge in [-0.2, -0.15) is 0 Å². The lowest BCUT2D eigenvalue weighted by atomic mass is 9.82. The van der Waals surface area contributed by atoms with E-state index in [1.165, 1.54) is 5.06 Å². The molecule has 0 fully saturated rings. The fourth-order valence-electron chi connectivity index (χ4n) is 4.30. The Balaban J connectivity index is 2.71. The van der Waals surface area contributed by atoms with Gasteiger partial charge in [-0.3, -0.25) is 0 Å². The standard InChI is InChI=1S/C20H32N2O2/c1-8-19(9-2)16-13-12-15(21(23)18(5,6)7)14-17(16)20(10-3,11-4)22(19)24/h12-14H,8-11H2,1-7H3/q-1. The van der Waals surface area contributed by atoms with Crippen LogP contribution in [0, 0.1) is 5.21 Å². The molecule has 0 bridgehead atoms. The largest absolute Gasteiger partial charge is 0.758 e. The minimum Gasteiger partial charge on any atom is -0.758 e. The second kappa shape index (κ2) is 6.32. The fourth-order valence-corrected chi connectivity index (χ4v) is 4.30. The monoisotopic (exact) mass is 332 g/mol. The topological polar surface area (TPSA) is 49.4 Å². The molecule has 24 heavy (non-hydrogen) atoms. The quantitative estimate of drug-likeness (QED) is 0.671. The first-order chi connectivity index (χ1) is 11.1. The Bertz CT molecular complexity index is 584. The van der Waals surface area contributed by atoms with Gasteiger partial charge in [0.1, 0.15) is 0 Å². The summed E-state index contributed by atoms with van der Waals surface area (Å²) in [5, 5.41) is 28.5. The molecule has 1 aliphatic heterocycles. The molecule has 2 rings (SSSR count). The van der Waals surface area contributed by atoms with Crippen LogP contribution in [0.15, 0.2) is 18.2 Å². The van der Waals surface area contributed by atoms with Gasteiger partial charge in [-0.25, -0.2) is 0 Å². The van der Waals surface area contributed by atoms with E-state index >= 15 is 0 Å². The van der Waals surface area contributed by atoms with Gasteiger partial charge in [0.15, 0.2) is 0 Å². The summed E-state index contributed by atoms with van der Waals surface area (Å²) in [6.45, 7) is 14.0. The predicted molar refractivity (Wildman–Crippen MR) is 99.1 cm³/mol. The normalized spacial score (nSPS) is 19.4. The van der Waals surface area contributed by atoms with Crippen LogP contribution in [0.5, 0.6) is 0 Å². The van der Waals surface area contributed by atoms with E-state index in [2.05, 4.69) is 27.7 Å². The van der Waals surface area contributed by atoms with Crippen LogP contribution in [-0.4, -0.2) is 10.6 Å². The maximum absolute atomic E-state index is 13.4. The molecule has 0 spiro atoms. The number of hydrogen-bond donors (Lipinski definition) is 0. The zero-order valence-corrected chi connectivity index (χ0v) is 16.3. The minimum atomic E-state index is -0.532. The van der Waals surface area contributed by atoms with Crippen LogP contribution in [0.4, 0.5) is 5.69 Å². The molecule has 0 unspecified atom stereocenters. The molecule has 0 saturated carbocycles. The van der Waals surface area contributed by atoms with E-state index in [0.29, 0.717) is 5.69 Å². The molecule has 135 valence electrons. The highest BCUT2D eigenvalue weighted by molar-refractivity contribution is 5.58. The summed E-state index contributed by atoms with van der Waals surface area (Å²) in [6.07, 6.45) is 3.06. The van der Waals surface area contributed by atoms with E-state index in [-0.39, 0.29) is 0 Å². The Hall–Kier alpha value is -1.10. The maximum Gasteiger partial charge on any atom is 0.0751 e. The molecule has 0 atom stereocenters. The van der Waals surface area contributed by atoms with Crippen LogP contribution >= 0.6 is 0 Å². The Kier molecular flexibility index (Phi) is 5.06. The molecular formula is C20H32N2O2-. The Morgan fingerprint density at radius 3 is 1.83 bits per heavy atom. The number of hydrogen-bond acceptors (Lipinski definition) is 3. The molecule has 1 heterocycles. The van der Waals surface area contributed by atoms with Crippen molar-refractivity contribution in [3.8, 4) is 0 Å². The predicted octanol–water partition coefficient (Wildman–Crippen LogP) is 5.48. The molecule has 0 amide bonds. The third-order valence-electron chi connectivity index (χ3n) is 5.97. The number of nitrogens with zero attached hydrogens (tertiary/aromatic N) is 2. The van der Waals surface area contributed by atoms with Crippen molar-refractivity contribution in [1.82, 2.24) is 5.06 Å². The second-order valence-electron chi connectivity index (χ2n) is 7.97. The van der Waals surface area contributed by atoms with Crippen LogP contribution in [0.3, 0.4) is 0 Å². The molecular weight excluding hydrogens is 300 g/mol. The Labute approximate surface area is 147 Å². The highest BCUT2D eigenvalue weighted by atomic mass is 16.5. The van der Waals surface area contributed by atoms with E-state index in [9.17, 15) is 10.4 Å². The number of hydroxylamine groups is 3. The van der Waals surface area contributed by atoms with Gasteiger partial charge in [-0.05, 0) is 69.7 Å². The summed E-state index contributed by atoms with van der Waals surface area (Å²) in [5.41, 5.74) is 1.29. The first-order valence-electron chi connectivity index (χ1n) is 9.24. The lowest BCUT2D eigenvalue weighted by Crippen LogP contribution is -2.47. The average molecular weight is 332 g/mol. The van der Waals surface area contributed by atoms with E-state index < -0.39 is 16.6 Å². The number of fused-ring (bicyclic) bond motifs is 1. The van der Waals surface area contributed by atoms with Gasteiger partial charge < -0.3 is 10.3 Å². The van der Waals surface area contributed by atoms with E-state index in [4.69, 9.17) is 0 Å². The molecule has 1 aromatic carbocycles. The van der Waals surface area contributed by atoms with Crippen LogP contribution < -0.4 is 5.06 Å². The lowest BCUT2D eigenvalue weighted by Gasteiger charge is -2.44. The molecule has 4 nitrogen and oxygen atoms in total. The van der Waals surface area contributed by atoms with Crippen molar-refractivity contribution in [2.75, 3.05) is 5.06 Å². The van der Waals surface area contributed by atoms with Gasteiger partial charge in [0.05, 0.1) is 11.1 Å². The van der Waals surface area contributed by atoms with Crippen molar-refractivity contribution in [3.05, 3.63) is 34.5 Å². The third kappa shape index (κ3) is 2.47. The average Bonchev–Trinajstić information content (AvgIpc) is 2.78. The highest BCUT2D eigenvalue weighted by Gasteiger charge is 2.56. The second-order valence-corrected chi connectivity index (χ2v) is 7.97. The minimum absolute atomic E-state index is 0.477. The molecule has 0 aromatic heterocycles. The molecule has 1 aliphatic rings. The SMILES string of the molecule is CCC1(CC)c2ccc(N([O-])C(C)(C)C)cc2C(CC)(CC)N1[O]. The van der Waals surface area contributed by atoms with Gasteiger partial charge >= 0.3 is 0 Å². The summed E-state index contributed by atoms with van der Waals surface area (Å²) in [4.78, 5) is 0. The van der Waals surface area contributed by atoms with Gasteiger partial charge in [-0.15, -0.1) is 10.3 Å². The zero-order valence-electron chi connectivity index (χ0n) is 16.3. The van der Waals surface area contributed by atoms with Crippen molar-refractivity contribution < 1.29 is 5.21 Å². The van der Waals surface area contributed by atoms with Gasteiger partial charge in [0, 0.05) is 11.2 Å². The molecule has 1 radical (unpaired) electrons.